The molecule has 0 aromatic heterocycles. The Morgan fingerprint density at radius 2 is 1.71 bits per heavy atom. The van der Waals surface area contributed by atoms with Gasteiger partial charge in [-0.25, -0.2) is 4.79 Å². The van der Waals surface area contributed by atoms with Crippen molar-refractivity contribution in [2.45, 2.75) is 6.92 Å². The number of hydrogen-bond acceptors (Lipinski definition) is 1. The average molecular weight is 100 g/mol. The van der Waals surface area contributed by atoms with E-state index in [1.807, 2.05) is 0 Å². The molecule has 4 N–H and O–H groups in total. The SMILES string of the molecule is C#CC.NC(N)=O. The third-order valence-corrected chi connectivity index (χ3v) is 0. The zero-order valence-electron chi connectivity index (χ0n) is 4.14. The van der Waals surface area contributed by atoms with Crippen LogP contribution in [0.4, 0.5) is 4.79 Å². The third kappa shape index (κ3) is 28.3. The Bertz CT molecular complexity index is 78.2. The number of carbonyl (C=O) groups is 1. The minimum absolute atomic E-state index is 0.833. The van der Waals surface area contributed by atoms with Crippen molar-refractivity contribution in [1.82, 2.24) is 0 Å². The van der Waals surface area contributed by atoms with Crippen LogP contribution in [0.5, 0.6) is 0 Å². The van der Waals surface area contributed by atoms with Gasteiger partial charge >= 0.3 is 6.03 Å². The lowest BCUT2D eigenvalue weighted by atomic mass is 10.9. The van der Waals surface area contributed by atoms with E-state index in [1.54, 1.807) is 6.92 Å². The Balaban J connectivity index is 0. The molecule has 0 aliphatic heterocycles. The molecule has 0 radical (unpaired) electrons. The molecule has 0 fully saturated rings. The van der Waals surface area contributed by atoms with Crippen molar-refractivity contribution >= 4 is 6.03 Å². The van der Waals surface area contributed by atoms with Crippen molar-refractivity contribution in [2.75, 3.05) is 0 Å². The predicted molar refractivity (Wildman–Crippen MR) is 28.3 cm³/mol. The molecule has 0 aliphatic rings. The lowest BCUT2D eigenvalue weighted by Crippen LogP contribution is -2.18. The molecule has 0 bridgehead atoms. The Labute approximate surface area is 42.7 Å². The van der Waals surface area contributed by atoms with E-state index in [2.05, 4.69) is 23.8 Å². The van der Waals surface area contributed by atoms with E-state index in [4.69, 9.17) is 4.79 Å². The lowest BCUT2D eigenvalue weighted by molar-refractivity contribution is 0.256. The normalized spacial score (nSPS) is 4.57. The number of urea groups is 1. The van der Waals surface area contributed by atoms with E-state index >= 15 is 0 Å². The Hall–Kier alpha value is -1.17. The molecule has 0 rings (SSSR count). The Kier molecular flexibility index (Phi) is 11.7. The van der Waals surface area contributed by atoms with Crippen LogP contribution in [0.25, 0.3) is 0 Å². The third-order valence-electron chi connectivity index (χ3n) is 0. The van der Waals surface area contributed by atoms with Crippen LogP contribution in [0.15, 0.2) is 0 Å². The number of carbonyl (C=O) groups excluding carboxylic acids is 1. The first-order valence-corrected chi connectivity index (χ1v) is 1.57. The molecule has 0 atom stereocenters. The van der Waals surface area contributed by atoms with Crippen molar-refractivity contribution in [3.63, 3.8) is 0 Å². The largest absolute Gasteiger partial charge is 0.352 e. The minimum Gasteiger partial charge on any atom is -0.352 e. The smallest absolute Gasteiger partial charge is 0.309 e. The van der Waals surface area contributed by atoms with Gasteiger partial charge < -0.3 is 11.5 Å². The molecule has 0 aliphatic carbocycles. The van der Waals surface area contributed by atoms with Gasteiger partial charge in [-0.05, 0) is 6.92 Å². The summed E-state index contributed by atoms with van der Waals surface area (Å²) in [5, 5.41) is 0. The summed E-state index contributed by atoms with van der Waals surface area (Å²) in [5.41, 5.74) is 8.50. The number of terminal acetylenes is 1. The molecule has 3 nitrogen and oxygen atoms in total. The minimum atomic E-state index is -0.833. The predicted octanol–water partition coefficient (Wildman–Crippen LogP) is -0.337. The molecule has 0 saturated carbocycles. The number of hydrogen-bond donors (Lipinski definition) is 2. The molecule has 3 heteroatoms. The number of amides is 2. The Morgan fingerprint density at radius 1 is 1.71 bits per heavy atom. The van der Waals surface area contributed by atoms with Crippen LogP contribution in [-0.4, -0.2) is 6.03 Å². The van der Waals surface area contributed by atoms with E-state index in [-0.39, 0.29) is 0 Å². The Morgan fingerprint density at radius 3 is 1.71 bits per heavy atom. The van der Waals surface area contributed by atoms with Gasteiger partial charge in [-0.1, -0.05) is 0 Å². The highest BCUT2D eigenvalue weighted by molar-refractivity contribution is 5.69. The molecule has 0 heterocycles. The summed E-state index contributed by atoms with van der Waals surface area (Å²) >= 11 is 0. The highest BCUT2D eigenvalue weighted by atomic mass is 16.2. The monoisotopic (exact) mass is 100 g/mol. The fourth-order valence-corrected chi connectivity index (χ4v) is 0. The van der Waals surface area contributed by atoms with Crippen LogP contribution in [-0.2, 0) is 0 Å². The van der Waals surface area contributed by atoms with E-state index in [9.17, 15) is 0 Å². The molecule has 2 amide bonds. The van der Waals surface area contributed by atoms with E-state index in [1.165, 1.54) is 0 Å². The molecule has 0 unspecified atom stereocenters. The van der Waals surface area contributed by atoms with Crippen LogP contribution in [0.2, 0.25) is 0 Å². The summed E-state index contributed by atoms with van der Waals surface area (Å²) in [7, 11) is 0. The zero-order chi connectivity index (χ0) is 6.28. The summed E-state index contributed by atoms with van der Waals surface area (Å²) in [4.78, 5) is 9.00. The lowest BCUT2D eigenvalue weighted by Gasteiger charge is -1.62. The summed E-state index contributed by atoms with van der Waals surface area (Å²) in [6, 6.07) is -0.833. The van der Waals surface area contributed by atoms with E-state index in [0.29, 0.717) is 0 Å². The molecular weight excluding hydrogens is 92.1 g/mol. The van der Waals surface area contributed by atoms with Gasteiger partial charge in [0, 0.05) is 0 Å². The quantitative estimate of drug-likeness (QED) is 0.402. The first kappa shape index (κ1) is 9.27. The fraction of sp³-hybridized carbons (Fsp3) is 0.250. The molecule has 7 heavy (non-hydrogen) atoms. The van der Waals surface area contributed by atoms with Gasteiger partial charge in [-0.15, -0.1) is 12.3 Å². The second-order valence-electron chi connectivity index (χ2n) is 0.691. The van der Waals surface area contributed by atoms with Gasteiger partial charge in [-0.2, -0.15) is 0 Å². The van der Waals surface area contributed by atoms with Crippen molar-refractivity contribution in [1.29, 1.82) is 0 Å². The van der Waals surface area contributed by atoms with E-state index < -0.39 is 6.03 Å². The summed E-state index contributed by atoms with van der Waals surface area (Å²) in [6.07, 6.45) is 4.60. The van der Waals surface area contributed by atoms with Gasteiger partial charge in [0.05, 0.1) is 0 Å². The van der Waals surface area contributed by atoms with Crippen molar-refractivity contribution in [2.24, 2.45) is 11.5 Å². The second-order valence-corrected chi connectivity index (χ2v) is 0.691. The molecule has 40 valence electrons. The highest BCUT2D eigenvalue weighted by Gasteiger charge is 1.60. The summed E-state index contributed by atoms with van der Waals surface area (Å²) < 4.78 is 0. The summed E-state index contributed by atoms with van der Waals surface area (Å²) in [6.45, 7) is 1.65. The van der Waals surface area contributed by atoms with Gasteiger partial charge in [0.25, 0.3) is 0 Å². The number of rotatable bonds is 0. The van der Waals surface area contributed by atoms with Crippen LogP contribution in [0, 0.1) is 12.3 Å². The molecule has 0 spiro atoms. The van der Waals surface area contributed by atoms with Crippen LogP contribution in [0.1, 0.15) is 6.92 Å². The maximum atomic E-state index is 9.00. The topological polar surface area (TPSA) is 69.1 Å². The molecular formula is C4H8N2O. The molecule has 0 saturated heterocycles. The highest BCUT2D eigenvalue weighted by Crippen LogP contribution is 1.25. The maximum absolute atomic E-state index is 9.00. The van der Waals surface area contributed by atoms with Crippen LogP contribution >= 0.6 is 0 Å². The standard InChI is InChI=1S/C3H4.CH4N2O/c1-3-2;2-1(3)4/h1H,2H3;(H4,2,3,4). The van der Waals surface area contributed by atoms with Crippen LogP contribution in [0.3, 0.4) is 0 Å². The van der Waals surface area contributed by atoms with Gasteiger partial charge in [0.1, 0.15) is 0 Å². The van der Waals surface area contributed by atoms with Crippen molar-refractivity contribution in [3.8, 4) is 12.3 Å². The number of primary amides is 2. The molecule has 0 aromatic carbocycles. The van der Waals surface area contributed by atoms with Gasteiger partial charge in [-0.3, -0.25) is 0 Å². The second kappa shape index (κ2) is 8.85. The fourth-order valence-electron chi connectivity index (χ4n) is 0. The van der Waals surface area contributed by atoms with E-state index in [0.717, 1.165) is 0 Å². The zero-order valence-corrected chi connectivity index (χ0v) is 4.14. The maximum Gasteiger partial charge on any atom is 0.309 e. The average Bonchev–Trinajstić information content (AvgIpc) is 1.33. The number of nitrogens with two attached hydrogens (primary N) is 2. The first-order chi connectivity index (χ1) is 3.15. The van der Waals surface area contributed by atoms with Crippen molar-refractivity contribution in [3.05, 3.63) is 0 Å². The van der Waals surface area contributed by atoms with Gasteiger partial charge in [0.2, 0.25) is 0 Å². The molecule has 0 aromatic rings. The van der Waals surface area contributed by atoms with Crippen LogP contribution < -0.4 is 11.5 Å². The first-order valence-electron chi connectivity index (χ1n) is 1.57. The summed E-state index contributed by atoms with van der Waals surface area (Å²) in [5.74, 6) is 2.25. The van der Waals surface area contributed by atoms with Crippen molar-refractivity contribution < 1.29 is 4.79 Å². The van der Waals surface area contributed by atoms with Gasteiger partial charge in [0.15, 0.2) is 0 Å².